The van der Waals surface area contributed by atoms with Gasteiger partial charge in [-0.3, -0.25) is 0 Å². The molecule has 3 heteroatoms. The van der Waals surface area contributed by atoms with E-state index in [1.165, 1.54) is 0 Å². The number of hydrogen-bond acceptors (Lipinski definition) is 2. The van der Waals surface area contributed by atoms with Crippen LogP contribution in [0.2, 0.25) is 0 Å². The van der Waals surface area contributed by atoms with Gasteiger partial charge >= 0.3 is 0 Å². The molecule has 2 rings (SSSR count). The van der Waals surface area contributed by atoms with Gasteiger partial charge in [-0.15, -0.1) is 0 Å². The minimum absolute atomic E-state index is 0.109. The summed E-state index contributed by atoms with van der Waals surface area (Å²) in [5.74, 6) is -0.136. The van der Waals surface area contributed by atoms with Gasteiger partial charge in [-0.25, -0.2) is 4.39 Å². The Balaban J connectivity index is 2.21. The van der Waals surface area contributed by atoms with Crippen molar-refractivity contribution in [1.29, 1.82) is 0 Å². The first kappa shape index (κ1) is 12.5. The maximum Gasteiger partial charge on any atom is 0.126 e. The van der Waals surface area contributed by atoms with Gasteiger partial charge in [0, 0.05) is 6.61 Å². The lowest BCUT2D eigenvalue weighted by molar-refractivity contribution is 0.0787. The van der Waals surface area contributed by atoms with Crippen LogP contribution in [0.1, 0.15) is 36.9 Å². The summed E-state index contributed by atoms with van der Waals surface area (Å²) < 4.78 is 19.3. The van der Waals surface area contributed by atoms with Crippen molar-refractivity contribution >= 4 is 0 Å². The van der Waals surface area contributed by atoms with E-state index in [1.54, 1.807) is 13.0 Å². The maximum absolute atomic E-state index is 13.6. The van der Waals surface area contributed by atoms with Gasteiger partial charge in [0.1, 0.15) is 5.82 Å². The lowest BCUT2D eigenvalue weighted by atomic mass is 9.98. The number of aryl methyl sites for hydroxylation is 1. The zero-order chi connectivity index (χ0) is 12.3. The number of ether oxygens (including phenoxy) is 1. The molecule has 0 bridgehead atoms. The summed E-state index contributed by atoms with van der Waals surface area (Å²) in [6.45, 7) is 5.53. The van der Waals surface area contributed by atoms with Crippen molar-refractivity contribution in [2.24, 2.45) is 0 Å². The first-order valence-corrected chi connectivity index (χ1v) is 6.33. The second-order valence-corrected chi connectivity index (χ2v) is 4.60. The van der Waals surface area contributed by atoms with Crippen LogP contribution in [0, 0.1) is 12.7 Å². The average Bonchev–Trinajstić information content (AvgIpc) is 2.83. The quantitative estimate of drug-likeness (QED) is 0.869. The summed E-state index contributed by atoms with van der Waals surface area (Å²) in [7, 11) is 0. The van der Waals surface area contributed by atoms with Crippen molar-refractivity contribution in [3.8, 4) is 0 Å². The molecule has 0 radical (unpaired) electrons. The van der Waals surface area contributed by atoms with Crippen molar-refractivity contribution in [3.63, 3.8) is 0 Å². The van der Waals surface area contributed by atoms with Crippen LogP contribution in [0.25, 0.3) is 0 Å². The van der Waals surface area contributed by atoms with Gasteiger partial charge in [-0.05, 0) is 43.5 Å². The molecule has 0 amide bonds. The van der Waals surface area contributed by atoms with Crippen LogP contribution >= 0.6 is 0 Å². The molecule has 1 aromatic carbocycles. The number of benzene rings is 1. The number of hydrogen-bond donors (Lipinski definition) is 1. The Morgan fingerprint density at radius 1 is 1.53 bits per heavy atom. The monoisotopic (exact) mass is 237 g/mol. The number of likely N-dealkylation sites (N-methyl/N-ethyl adjacent to an activating group) is 1. The van der Waals surface area contributed by atoms with E-state index in [1.807, 2.05) is 12.1 Å². The Kier molecular flexibility index (Phi) is 4.13. The summed E-state index contributed by atoms with van der Waals surface area (Å²) in [6.07, 6.45) is 2.32. The Morgan fingerprint density at radius 2 is 2.35 bits per heavy atom. The molecule has 1 aromatic rings. The van der Waals surface area contributed by atoms with Crippen LogP contribution < -0.4 is 5.32 Å². The fourth-order valence-corrected chi connectivity index (χ4v) is 2.35. The molecule has 94 valence electrons. The second-order valence-electron chi connectivity index (χ2n) is 4.60. The molecule has 0 aliphatic carbocycles. The Bertz CT molecular complexity index is 374. The third-order valence-electron chi connectivity index (χ3n) is 3.32. The highest BCUT2D eigenvalue weighted by molar-refractivity contribution is 5.26. The van der Waals surface area contributed by atoms with Crippen molar-refractivity contribution in [1.82, 2.24) is 5.32 Å². The summed E-state index contributed by atoms with van der Waals surface area (Å²) in [5, 5.41) is 3.40. The topological polar surface area (TPSA) is 21.3 Å². The molecule has 0 spiro atoms. The smallest absolute Gasteiger partial charge is 0.126 e. The third-order valence-corrected chi connectivity index (χ3v) is 3.32. The fraction of sp³-hybridized carbons (Fsp3) is 0.571. The molecule has 1 aliphatic heterocycles. The van der Waals surface area contributed by atoms with Crippen molar-refractivity contribution in [2.45, 2.75) is 38.8 Å². The molecule has 0 aromatic heterocycles. The fourth-order valence-electron chi connectivity index (χ4n) is 2.35. The summed E-state index contributed by atoms with van der Waals surface area (Å²) in [6, 6.07) is 5.57. The maximum atomic E-state index is 13.6. The van der Waals surface area contributed by atoms with Gasteiger partial charge in [0.05, 0.1) is 12.1 Å². The van der Waals surface area contributed by atoms with E-state index in [0.29, 0.717) is 5.56 Å². The summed E-state index contributed by atoms with van der Waals surface area (Å²) >= 11 is 0. The Labute approximate surface area is 102 Å². The van der Waals surface area contributed by atoms with Gasteiger partial charge in [0.2, 0.25) is 0 Å². The highest BCUT2D eigenvalue weighted by Crippen LogP contribution is 2.27. The van der Waals surface area contributed by atoms with E-state index in [-0.39, 0.29) is 18.0 Å². The van der Waals surface area contributed by atoms with Crippen LogP contribution in [0.15, 0.2) is 18.2 Å². The van der Waals surface area contributed by atoms with Gasteiger partial charge in [-0.2, -0.15) is 0 Å². The van der Waals surface area contributed by atoms with E-state index < -0.39 is 0 Å². The highest BCUT2D eigenvalue weighted by atomic mass is 19.1. The van der Waals surface area contributed by atoms with Gasteiger partial charge in [-0.1, -0.05) is 19.1 Å². The van der Waals surface area contributed by atoms with Gasteiger partial charge in [0.25, 0.3) is 0 Å². The number of halogens is 1. The largest absolute Gasteiger partial charge is 0.376 e. The predicted molar refractivity (Wildman–Crippen MR) is 66.5 cm³/mol. The van der Waals surface area contributed by atoms with Gasteiger partial charge < -0.3 is 10.1 Å². The summed E-state index contributed by atoms with van der Waals surface area (Å²) in [4.78, 5) is 0. The van der Waals surface area contributed by atoms with Crippen molar-refractivity contribution in [2.75, 3.05) is 13.2 Å². The highest BCUT2D eigenvalue weighted by Gasteiger charge is 2.26. The molecule has 2 atom stereocenters. The number of nitrogens with one attached hydrogen (secondary N) is 1. The van der Waals surface area contributed by atoms with E-state index in [9.17, 15) is 4.39 Å². The molecule has 0 saturated carbocycles. The number of rotatable bonds is 4. The normalized spacial score (nSPS) is 21.7. The minimum atomic E-state index is -0.136. The first-order chi connectivity index (χ1) is 8.22. The van der Waals surface area contributed by atoms with E-state index in [4.69, 9.17) is 4.74 Å². The van der Waals surface area contributed by atoms with E-state index in [0.717, 1.165) is 31.6 Å². The van der Waals surface area contributed by atoms with Crippen LogP contribution in [0.3, 0.4) is 0 Å². The third kappa shape index (κ3) is 2.85. The van der Waals surface area contributed by atoms with E-state index in [2.05, 4.69) is 12.2 Å². The lowest BCUT2D eigenvalue weighted by Gasteiger charge is -2.24. The molecule has 17 heavy (non-hydrogen) atoms. The van der Waals surface area contributed by atoms with Crippen molar-refractivity contribution < 1.29 is 9.13 Å². The molecule has 2 nitrogen and oxygen atoms in total. The van der Waals surface area contributed by atoms with Crippen LogP contribution in [-0.2, 0) is 4.74 Å². The summed E-state index contributed by atoms with van der Waals surface area (Å²) in [5.41, 5.74) is 1.68. The lowest BCUT2D eigenvalue weighted by Crippen LogP contribution is -2.31. The zero-order valence-corrected chi connectivity index (χ0v) is 10.5. The molecular formula is C14H20FNO. The SMILES string of the molecule is CCNC(c1ccc(C)c(F)c1)C1CCCO1. The Morgan fingerprint density at radius 3 is 2.94 bits per heavy atom. The van der Waals surface area contributed by atoms with E-state index >= 15 is 0 Å². The molecule has 1 fully saturated rings. The molecular weight excluding hydrogens is 217 g/mol. The molecule has 1 heterocycles. The standard InChI is InChI=1S/C14H20FNO/c1-3-16-14(13-5-4-8-17-13)11-7-6-10(2)12(15)9-11/h6-7,9,13-14,16H,3-5,8H2,1-2H3. The van der Waals surface area contributed by atoms with Crippen LogP contribution in [0.5, 0.6) is 0 Å². The zero-order valence-electron chi connectivity index (χ0n) is 10.5. The van der Waals surface area contributed by atoms with Gasteiger partial charge in [0.15, 0.2) is 0 Å². The molecule has 1 aliphatic rings. The van der Waals surface area contributed by atoms with Crippen molar-refractivity contribution in [3.05, 3.63) is 35.1 Å². The van der Waals surface area contributed by atoms with Crippen LogP contribution in [0.4, 0.5) is 4.39 Å². The Hall–Kier alpha value is -0.930. The minimum Gasteiger partial charge on any atom is -0.376 e. The average molecular weight is 237 g/mol. The molecule has 2 unspecified atom stereocenters. The second kappa shape index (κ2) is 5.61. The predicted octanol–water partition coefficient (Wildman–Crippen LogP) is 2.96. The molecule has 1 N–H and O–H groups in total. The van der Waals surface area contributed by atoms with Crippen LogP contribution in [-0.4, -0.2) is 19.3 Å². The first-order valence-electron chi connectivity index (χ1n) is 6.33. The molecule has 1 saturated heterocycles.